The molecule has 0 amide bonds. The first kappa shape index (κ1) is 21.0. The van der Waals surface area contributed by atoms with Crippen LogP contribution < -0.4 is 23.8 Å². The Hall–Kier alpha value is -3.21. The number of nitrogens with one attached hydrogen (secondary N) is 1. The molecule has 31 heavy (non-hydrogen) atoms. The molecule has 0 spiro atoms. The van der Waals surface area contributed by atoms with Gasteiger partial charge in [0, 0.05) is 19.2 Å². The number of benzene rings is 1. The van der Waals surface area contributed by atoms with Crippen molar-refractivity contribution in [1.29, 1.82) is 0 Å². The zero-order valence-corrected chi connectivity index (χ0v) is 18.4. The molecule has 1 saturated heterocycles. The Morgan fingerprint density at radius 3 is 2.26 bits per heavy atom. The lowest BCUT2D eigenvalue weighted by atomic mass is 10.1. The third-order valence-electron chi connectivity index (χ3n) is 5.18. The van der Waals surface area contributed by atoms with Crippen molar-refractivity contribution in [2.24, 2.45) is 0 Å². The van der Waals surface area contributed by atoms with Crippen LogP contribution in [0.15, 0.2) is 33.7 Å². The first-order valence-electron chi connectivity index (χ1n) is 9.81. The molecule has 0 saturated carbocycles. The smallest absolute Gasteiger partial charge is 0.270 e. The van der Waals surface area contributed by atoms with E-state index in [-0.39, 0.29) is 27.9 Å². The van der Waals surface area contributed by atoms with Crippen LogP contribution in [-0.4, -0.2) is 53.0 Å². The number of pyridine rings is 1. The van der Waals surface area contributed by atoms with Crippen LogP contribution in [0.4, 0.5) is 11.6 Å². The van der Waals surface area contributed by atoms with Crippen molar-refractivity contribution in [3.8, 4) is 17.2 Å². The Bertz CT molecular complexity index is 1170. The molecule has 3 heterocycles. The Morgan fingerprint density at radius 2 is 1.65 bits per heavy atom. The van der Waals surface area contributed by atoms with Crippen molar-refractivity contribution in [3.63, 3.8) is 0 Å². The van der Waals surface area contributed by atoms with Gasteiger partial charge in [-0.25, -0.2) is 8.42 Å². The SMILES string of the molecule is COc1cccc(OC)c1S(=O)(=O)Nc1noc2nc(N3CCCCC3)cc(OC)c12. The third-order valence-corrected chi connectivity index (χ3v) is 6.58. The zero-order chi connectivity index (χ0) is 22.0. The molecule has 1 aliphatic heterocycles. The Kier molecular flexibility index (Phi) is 5.77. The maximum absolute atomic E-state index is 13.2. The number of rotatable bonds is 7. The molecule has 3 aromatic rings. The fourth-order valence-corrected chi connectivity index (χ4v) is 5.01. The van der Waals surface area contributed by atoms with Gasteiger partial charge in [-0.05, 0) is 31.4 Å². The van der Waals surface area contributed by atoms with Crippen LogP contribution in [0.1, 0.15) is 19.3 Å². The topological polar surface area (TPSA) is 116 Å². The summed E-state index contributed by atoms with van der Waals surface area (Å²) in [6.07, 6.45) is 3.37. The van der Waals surface area contributed by atoms with Gasteiger partial charge in [-0.3, -0.25) is 4.72 Å². The van der Waals surface area contributed by atoms with Crippen LogP contribution in [-0.2, 0) is 10.0 Å². The first-order valence-corrected chi connectivity index (χ1v) is 11.3. The molecule has 4 rings (SSSR count). The van der Waals surface area contributed by atoms with E-state index in [2.05, 4.69) is 19.8 Å². The largest absolute Gasteiger partial charge is 0.496 e. The predicted molar refractivity (Wildman–Crippen MR) is 115 cm³/mol. The lowest BCUT2D eigenvalue weighted by Crippen LogP contribution is -2.30. The number of sulfonamides is 1. The molecule has 0 unspecified atom stereocenters. The summed E-state index contributed by atoms with van der Waals surface area (Å²) in [4.78, 5) is 6.54. The summed E-state index contributed by atoms with van der Waals surface area (Å²) in [5.74, 6) is 1.37. The van der Waals surface area contributed by atoms with Crippen molar-refractivity contribution in [3.05, 3.63) is 24.3 Å². The number of ether oxygens (including phenoxy) is 3. The molecule has 2 aromatic heterocycles. The van der Waals surface area contributed by atoms with E-state index < -0.39 is 10.0 Å². The molecular weight excluding hydrogens is 424 g/mol. The van der Waals surface area contributed by atoms with Gasteiger partial charge in [0.15, 0.2) is 10.7 Å². The number of piperidine rings is 1. The van der Waals surface area contributed by atoms with Gasteiger partial charge in [0.1, 0.15) is 28.5 Å². The molecule has 0 aliphatic carbocycles. The van der Waals surface area contributed by atoms with E-state index in [1.165, 1.54) is 39.9 Å². The van der Waals surface area contributed by atoms with Crippen LogP contribution in [0.3, 0.4) is 0 Å². The van der Waals surface area contributed by atoms with Crippen molar-refractivity contribution in [1.82, 2.24) is 10.1 Å². The molecular formula is C20H24N4O6S. The second kappa shape index (κ2) is 8.50. The van der Waals surface area contributed by atoms with E-state index >= 15 is 0 Å². The highest BCUT2D eigenvalue weighted by Gasteiger charge is 2.28. The van der Waals surface area contributed by atoms with Gasteiger partial charge < -0.3 is 23.6 Å². The third kappa shape index (κ3) is 3.92. The minimum Gasteiger partial charge on any atom is -0.496 e. The number of hydrogen-bond donors (Lipinski definition) is 1. The lowest BCUT2D eigenvalue weighted by Gasteiger charge is -2.27. The molecule has 0 radical (unpaired) electrons. The second-order valence-corrected chi connectivity index (χ2v) is 8.66. The number of anilines is 2. The highest BCUT2D eigenvalue weighted by Crippen LogP contribution is 2.38. The van der Waals surface area contributed by atoms with Gasteiger partial charge in [0.2, 0.25) is 0 Å². The summed E-state index contributed by atoms with van der Waals surface area (Å²) in [5.41, 5.74) is 0.185. The average Bonchev–Trinajstić information content (AvgIpc) is 3.20. The second-order valence-electron chi connectivity index (χ2n) is 7.04. The van der Waals surface area contributed by atoms with E-state index in [0.717, 1.165) is 25.9 Å². The van der Waals surface area contributed by atoms with Crippen LogP contribution in [0.2, 0.25) is 0 Å². The molecule has 1 fully saturated rings. The van der Waals surface area contributed by atoms with Crippen LogP contribution in [0, 0.1) is 0 Å². The quantitative estimate of drug-likeness (QED) is 0.582. The summed E-state index contributed by atoms with van der Waals surface area (Å²) >= 11 is 0. The summed E-state index contributed by atoms with van der Waals surface area (Å²) < 4.78 is 50.2. The van der Waals surface area contributed by atoms with E-state index in [1.54, 1.807) is 12.1 Å². The van der Waals surface area contributed by atoms with Crippen molar-refractivity contribution >= 4 is 32.8 Å². The molecule has 10 nitrogen and oxygen atoms in total. The van der Waals surface area contributed by atoms with Gasteiger partial charge in [-0.15, -0.1) is 0 Å². The van der Waals surface area contributed by atoms with Gasteiger partial charge in [-0.2, -0.15) is 4.98 Å². The van der Waals surface area contributed by atoms with E-state index in [9.17, 15) is 8.42 Å². The summed E-state index contributed by atoms with van der Waals surface area (Å²) in [6.45, 7) is 1.78. The summed E-state index contributed by atoms with van der Waals surface area (Å²) in [5, 5.41) is 4.24. The minimum atomic E-state index is -4.13. The van der Waals surface area contributed by atoms with Crippen LogP contribution in [0.5, 0.6) is 17.2 Å². The van der Waals surface area contributed by atoms with E-state index in [1.807, 2.05) is 0 Å². The van der Waals surface area contributed by atoms with E-state index in [4.69, 9.17) is 18.7 Å². The van der Waals surface area contributed by atoms with Crippen LogP contribution in [0.25, 0.3) is 11.1 Å². The zero-order valence-electron chi connectivity index (χ0n) is 17.5. The van der Waals surface area contributed by atoms with Crippen molar-refractivity contribution in [2.75, 3.05) is 44.0 Å². The molecule has 0 atom stereocenters. The number of hydrogen-bond acceptors (Lipinski definition) is 9. The number of methoxy groups -OCH3 is 3. The molecule has 166 valence electrons. The number of aromatic nitrogens is 2. The minimum absolute atomic E-state index is 0.0301. The first-order chi connectivity index (χ1) is 15.0. The Balaban J connectivity index is 1.76. The van der Waals surface area contributed by atoms with Gasteiger partial charge in [-0.1, -0.05) is 11.2 Å². The highest BCUT2D eigenvalue weighted by atomic mass is 32.2. The number of fused-ring (bicyclic) bond motifs is 1. The maximum atomic E-state index is 13.2. The van der Waals surface area contributed by atoms with Crippen molar-refractivity contribution < 1.29 is 27.2 Å². The monoisotopic (exact) mass is 448 g/mol. The molecule has 1 aromatic carbocycles. The molecule has 1 N–H and O–H groups in total. The fraction of sp³-hybridized carbons (Fsp3) is 0.400. The van der Waals surface area contributed by atoms with Crippen LogP contribution >= 0.6 is 0 Å². The Labute approximate surface area is 180 Å². The van der Waals surface area contributed by atoms with Crippen molar-refractivity contribution in [2.45, 2.75) is 24.2 Å². The molecule has 1 aliphatic rings. The lowest BCUT2D eigenvalue weighted by molar-refractivity contribution is 0.373. The molecule has 11 heteroatoms. The standard InChI is InChI=1S/C20H24N4O6S/c1-27-13-8-7-9-14(28-2)18(13)31(25,26)23-19-17-15(29-3)12-16(21-20(17)30-22-19)24-10-5-4-6-11-24/h7-9,12H,4-6,10-11H2,1-3H3,(H,22,23). The normalized spacial score (nSPS) is 14.5. The Morgan fingerprint density at radius 1 is 1.00 bits per heavy atom. The van der Waals surface area contributed by atoms with Gasteiger partial charge >= 0.3 is 0 Å². The summed E-state index contributed by atoms with van der Waals surface area (Å²) in [7, 11) is 0.138. The predicted octanol–water partition coefficient (Wildman–Crippen LogP) is 3.04. The summed E-state index contributed by atoms with van der Waals surface area (Å²) in [6, 6.07) is 6.47. The fourth-order valence-electron chi connectivity index (χ4n) is 3.68. The average molecular weight is 449 g/mol. The maximum Gasteiger partial charge on any atom is 0.270 e. The molecule has 0 bridgehead atoms. The van der Waals surface area contributed by atoms with Gasteiger partial charge in [0.25, 0.3) is 15.7 Å². The number of nitrogens with zero attached hydrogens (tertiary/aromatic N) is 3. The highest BCUT2D eigenvalue weighted by molar-refractivity contribution is 7.93. The van der Waals surface area contributed by atoms with E-state index in [0.29, 0.717) is 17.0 Å². The van der Waals surface area contributed by atoms with Gasteiger partial charge in [0.05, 0.1) is 21.3 Å².